The van der Waals surface area contributed by atoms with E-state index in [2.05, 4.69) is 26.5 Å². The zero-order valence-corrected chi connectivity index (χ0v) is 4.51. The van der Waals surface area contributed by atoms with Gasteiger partial charge in [0.15, 0.2) is 0 Å². The monoisotopic (exact) mass is 89.0 g/mol. The zero-order valence-electron chi connectivity index (χ0n) is 3.69. The molecule has 0 bridgehead atoms. The predicted octanol–water partition coefficient (Wildman–Crippen LogP) is 1.19. The SMILES string of the molecule is CC(C)C[S-]. The minimum atomic E-state index is 0.699. The topological polar surface area (TPSA) is 0 Å². The second-order valence-electron chi connectivity index (χ2n) is 1.56. The lowest BCUT2D eigenvalue weighted by atomic mass is 10.3. The number of rotatable bonds is 1. The van der Waals surface area contributed by atoms with E-state index >= 15 is 0 Å². The molecule has 32 valence electrons. The quantitative estimate of drug-likeness (QED) is 0.435. The van der Waals surface area contributed by atoms with Crippen LogP contribution in [0.25, 0.3) is 0 Å². The van der Waals surface area contributed by atoms with Gasteiger partial charge in [-0.05, 0) is 0 Å². The van der Waals surface area contributed by atoms with Crippen molar-refractivity contribution in [3.8, 4) is 0 Å². The largest absolute Gasteiger partial charge is 0.792 e. The summed E-state index contributed by atoms with van der Waals surface area (Å²) in [6.45, 7) is 4.24. The first-order valence-corrected chi connectivity index (χ1v) is 2.43. The lowest BCUT2D eigenvalue weighted by Crippen LogP contribution is -1.87. The molecule has 0 aliphatic heterocycles. The molecule has 0 rings (SSSR count). The van der Waals surface area contributed by atoms with E-state index in [-0.39, 0.29) is 0 Å². The van der Waals surface area contributed by atoms with Gasteiger partial charge in [-0.25, -0.2) is 0 Å². The maximum atomic E-state index is 4.68. The van der Waals surface area contributed by atoms with E-state index < -0.39 is 0 Å². The van der Waals surface area contributed by atoms with Crippen LogP contribution in [0.5, 0.6) is 0 Å². The van der Waals surface area contributed by atoms with Crippen LogP contribution in [0.3, 0.4) is 0 Å². The molecule has 0 unspecified atom stereocenters. The van der Waals surface area contributed by atoms with Crippen LogP contribution in [0.2, 0.25) is 0 Å². The molecule has 0 aromatic heterocycles. The van der Waals surface area contributed by atoms with Gasteiger partial charge in [-0.3, -0.25) is 0 Å². The van der Waals surface area contributed by atoms with Gasteiger partial charge in [0.1, 0.15) is 0 Å². The number of hydrogen-bond acceptors (Lipinski definition) is 1. The molecule has 0 aromatic carbocycles. The third-order valence-electron chi connectivity index (χ3n) is 0.333. The van der Waals surface area contributed by atoms with Gasteiger partial charge in [0.25, 0.3) is 0 Å². The van der Waals surface area contributed by atoms with Crippen molar-refractivity contribution in [3.05, 3.63) is 0 Å². The lowest BCUT2D eigenvalue weighted by Gasteiger charge is -2.03. The van der Waals surface area contributed by atoms with Crippen molar-refractivity contribution in [3.63, 3.8) is 0 Å². The van der Waals surface area contributed by atoms with Crippen LogP contribution in [0.4, 0.5) is 0 Å². The van der Waals surface area contributed by atoms with Crippen LogP contribution in [0.15, 0.2) is 0 Å². The Morgan fingerprint density at radius 3 is 1.80 bits per heavy atom. The van der Waals surface area contributed by atoms with Gasteiger partial charge in [-0.15, -0.1) is 0 Å². The molecule has 0 fully saturated rings. The highest BCUT2D eigenvalue weighted by molar-refractivity contribution is 7.58. The molecule has 0 atom stereocenters. The van der Waals surface area contributed by atoms with Crippen molar-refractivity contribution in [2.24, 2.45) is 5.92 Å². The highest BCUT2D eigenvalue weighted by atomic mass is 32.1. The molecule has 1 heteroatoms. The van der Waals surface area contributed by atoms with Crippen molar-refractivity contribution >= 4 is 12.6 Å². The highest BCUT2D eigenvalue weighted by Crippen LogP contribution is 1.84. The van der Waals surface area contributed by atoms with Crippen LogP contribution in [0.1, 0.15) is 13.8 Å². The summed E-state index contributed by atoms with van der Waals surface area (Å²) in [6, 6.07) is 0. The standard InChI is InChI=1S/C4H10S/c1-4(2)3-5/h4-5H,3H2,1-2H3/p-1. The molecule has 5 heavy (non-hydrogen) atoms. The van der Waals surface area contributed by atoms with E-state index in [1.165, 1.54) is 0 Å². The van der Waals surface area contributed by atoms with E-state index in [9.17, 15) is 0 Å². The Morgan fingerprint density at radius 2 is 1.80 bits per heavy atom. The Labute approximate surface area is 39.0 Å². The van der Waals surface area contributed by atoms with Crippen molar-refractivity contribution in [2.75, 3.05) is 5.75 Å². The normalized spacial score (nSPS) is 9.60. The average Bonchev–Trinajstić information content (AvgIpc) is 1.38. The third-order valence-corrected chi connectivity index (χ3v) is 1.000. The van der Waals surface area contributed by atoms with Crippen molar-refractivity contribution in [1.29, 1.82) is 0 Å². The van der Waals surface area contributed by atoms with E-state index in [4.69, 9.17) is 0 Å². The van der Waals surface area contributed by atoms with Gasteiger partial charge in [0.2, 0.25) is 0 Å². The third kappa shape index (κ3) is 4.35. The Balaban J connectivity index is 2.54. The maximum absolute atomic E-state index is 4.68. The van der Waals surface area contributed by atoms with Gasteiger partial charge in [-0.2, -0.15) is 5.75 Å². The fourth-order valence-electron chi connectivity index (χ4n) is 0. The zero-order chi connectivity index (χ0) is 4.28. The summed E-state index contributed by atoms with van der Waals surface area (Å²) in [7, 11) is 0. The smallest absolute Gasteiger partial charge is 0.0646 e. The molecule has 0 aliphatic carbocycles. The molecule has 0 amide bonds. The summed E-state index contributed by atoms with van der Waals surface area (Å²) >= 11 is 4.68. The summed E-state index contributed by atoms with van der Waals surface area (Å²) in [5.41, 5.74) is 0. The minimum Gasteiger partial charge on any atom is -0.792 e. The van der Waals surface area contributed by atoms with Crippen LogP contribution >= 0.6 is 0 Å². The Morgan fingerprint density at radius 1 is 1.60 bits per heavy atom. The predicted molar refractivity (Wildman–Crippen MR) is 27.1 cm³/mol. The van der Waals surface area contributed by atoms with Crippen LogP contribution in [0, 0.1) is 5.92 Å². The second kappa shape index (κ2) is 2.58. The molecule has 0 nitrogen and oxygen atoms in total. The minimum absolute atomic E-state index is 0.699. The first kappa shape index (κ1) is 5.35. The molecule has 0 radical (unpaired) electrons. The van der Waals surface area contributed by atoms with Gasteiger partial charge >= 0.3 is 0 Å². The van der Waals surface area contributed by atoms with Gasteiger partial charge in [0, 0.05) is 0 Å². The van der Waals surface area contributed by atoms with Crippen LogP contribution in [-0.4, -0.2) is 5.75 Å². The number of hydrogen-bond donors (Lipinski definition) is 0. The van der Waals surface area contributed by atoms with Crippen LogP contribution < -0.4 is 0 Å². The summed E-state index contributed by atoms with van der Waals surface area (Å²) in [4.78, 5) is 0. The summed E-state index contributed by atoms with van der Waals surface area (Å²) in [5.74, 6) is 1.59. The molecule has 0 N–H and O–H groups in total. The van der Waals surface area contributed by atoms with E-state index in [1.54, 1.807) is 0 Å². The molecule has 0 saturated carbocycles. The molecule has 0 heterocycles. The van der Waals surface area contributed by atoms with E-state index in [0.29, 0.717) is 5.92 Å². The van der Waals surface area contributed by atoms with E-state index in [0.717, 1.165) is 5.75 Å². The van der Waals surface area contributed by atoms with Crippen molar-refractivity contribution in [2.45, 2.75) is 13.8 Å². The highest BCUT2D eigenvalue weighted by Gasteiger charge is 1.72. The average molecular weight is 89.2 g/mol. The molecule has 0 saturated heterocycles. The maximum Gasteiger partial charge on any atom is -0.0646 e. The lowest BCUT2D eigenvalue weighted by molar-refractivity contribution is 0.752. The summed E-state index contributed by atoms with van der Waals surface area (Å²) < 4.78 is 0. The molecule has 0 aromatic rings. The van der Waals surface area contributed by atoms with Gasteiger partial charge in [0.05, 0.1) is 0 Å². The van der Waals surface area contributed by atoms with Crippen LogP contribution in [-0.2, 0) is 12.6 Å². The Bertz CT molecular complexity index is 17.6. The molecule has 0 aliphatic rings. The van der Waals surface area contributed by atoms with Gasteiger partial charge in [-0.1, -0.05) is 19.8 Å². The van der Waals surface area contributed by atoms with Gasteiger partial charge < -0.3 is 12.6 Å². The Hall–Kier alpha value is 0.350. The molecular formula is C4H9S-. The van der Waals surface area contributed by atoms with Crippen molar-refractivity contribution < 1.29 is 0 Å². The van der Waals surface area contributed by atoms with E-state index in [1.807, 2.05) is 0 Å². The summed E-state index contributed by atoms with van der Waals surface area (Å²) in [5, 5.41) is 0. The first-order chi connectivity index (χ1) is 2.27. The first-order valence-electron chi connectivity index (χ1n) is 1.85. The van der Waals surface area contributed by atoms with Crippen molar-refractivity contribution in [1.82, 2.24) is 0 Å². The molecular weight excluding hydrogens is 80.1 g/mol. The summed E-state index contributed by atoms with van der Waals surface area (Å²) in [6.07, 6.45) is 0. The second-order valence-corrected chi connectivity index (χ2v) is 1.89. The fourth-order valence-corrected chi connectivity index (χ4v) is 0. The fraction of sp³-hybridized carbons (Fsp3) is 1.00. The molecule has 0 spiro atoms. The Kier molecular flexibility index (Phi) is 2.76.